The van der Waals surface area contributed by atoms with E-state index < -0.39 is 0 Å². The fraction of sp³-hybridized carbons (Fsp3) is 0.500. The number of rotatable bonds is 5. The minimum Gasteiger partial charge on any atom is -0.497 e. The van der Waals surface area contributed by atoms with E-state index in [2.05, 4.69) is 11.8 Å². The quantitative estimate of drug-likeness (QED) is 0.906. The molecule has 6 heteroatoms. The molecule has 1 saturated heterocycles. The zero-order chi connectivity index (χ0) is 17.1. The summed E-state index contributed by atoms with van der Waals surface area (Å²) in [6.07, 6.45) is 0. The number of aliphatic hydroxyl groups is 1. The molecule has 130 valence electrons. The van der Waals surface area contributed by atoms with Crippen LogP contribution in [0.15, 0.2) is 24.3 Å². The van der Waals surface area contributed by atoms with Crippen LogP contribution >= 0.6 is 0 Å². The van der Waals surface area contributed by atoms with Crippen molar-refractivity contribution in [3.8, 4) is 11.4 Å². The summed E-state index contributed by atoms with van der Waals surface area (Å²) in [6, 6.07) is 8.02. The van der Waals surface area contributed by atoms with Crippen molar-refractivity contribution in [2.75, 3.05) is 40.0 Å². The number of morpholine rings is 1. The number of ether oxygens (including phenoxy) is 2. The Balaban J connectivity index is 1.99. The van der Waals surface area contributed by atoms with Gasteiger partial charge in [0.15, 0.2) is 0 Å². The molecule has 1 fully saturated rings. The van der Waals surface area contributed by atoms with Crippen LogP contribution in [-0.4, -0.2) is 59.8 Å². The molecular formula is C18H25N3O3. The molecule has 1 N–H and O–H groups in total. The van der Waals surface area contributed by atoms with Gasteiger partial charge in [0.05, 0.1) is 44.4 Å². The highest BCUT2D eigenvalue weighted by Gasteiger charge is 2.29. The number of β-amino-alcohol motifs (C(OH)–C–C–N with tert-alkyl or cyclic N) is 1. The summed E-state index contributed by atoms with van der Waals surface area (Å²) in [5.74, 6) is 0.810. The molecule has 0 bridgehead atoms. The van der Waals surface area contributed by atoms with Gasteiger partial charge < -0.3 is 14.6 Å². The van der Waals surface area contributed by atoms with Crippen LogP contribution in [0.25, 0.3) is 5.69 Å². The van der Waals surface area contributed by atoms with Gasteiger partial charge >= 0.3 is 0 Å². The van der Waals surface area contributed by atoms with Crippen molar-refractivity contribution in [2.24, 2.45) is 0 Å². The average Bonchev–Trinajstić information content (AvgIpc) is 2.90. The molecule has 2 heterocycles. The fourth-order valence-corrected chi connectivity index (χ4v) is 3.43. The Morgan fingerprint density at radius 1 is 1.38 bits per heavy atom. The summed E-state index contributed by atoms with van der Waals surface area (Å²) < 4.78 is 13.0. The molecule has 1 aromatic heterocycles. The largest absolute Gasteiger partial charge is 0.497 e. The summed E-state index contributed by atoms with van der Waals surface area (Å²) in [6.45, 7) is 7.08. The van der Waals surface area contributed by atoms with E-state index >= 15 is 0 Å². The monoisotopic (exact) mass is 331 g/mol. The Kier molecular flexibility index (Phi) is 5.18. The normalized spacial score (nSPS) is 18.8. The number of aromatic nitrogens is 2. The van der Waals surface area contributed by atoms with E-state index in [1.807, 2.05) is 35.9 Å². The Morgan fingerprint density at radius 3 is 2.96 bits per heavy atom. The maximum Gasteiger partial charge on any atom is 0.121 e. The van der Waals surface area contributed by atoms with E-state index in [9.17, 15) is 5.11 Å². The molecule has 0 saturated carbocycles. The number of aryl methyl sites for hydroxylation is 1. The lowest BCUT2D eigenvalue weighted by Crippen LogP contribution is -2.41. The standard InChI is InChI=1S/C18H25N3O3/c1-13-18(17-12-24-10-8-20(17)7-9-22)14(2)21(19-13)15-5-4-6-16(11-15)23-3/h4-6,11,17,22H,7-10,12H2,1-3H3/t17-/m0/s1. The van der Waals surface area contributed by atoms with E-state index in [4.69, 9.17) is 14.6 Å². The van der Waals surface area contributed by atoms with Crippen LogP contribution in [0.5, 0.6) is 5.75 Å². The van der Waals surface area contributed by atoms with Crippen molar-refractivity contribution in [3.05, 3.63) is 41.2 Å². The van der Waals surface area contributed by atoms with Gasteiger partial charge in [-0.1, -0.05) is 6.07 Å². The van der Waals surface area contributed by atoms with Crippen molar-refractivity contribution in [3.63, 3.8) is 0 Å². The maximum absolute atomic E-state index is 9.35. The zero-order valence-corrected chi connectivity index (χ0v) is 14.5. The topological polar surface area (TPSA) is 59.8 Å². The summed E-state index contributed by atoms with van der Waals surface area (Å²) in [5, 5.41) is 14.1. The van der Waals surface area contributed by atoms with E-state index in [1.165, 1.54) is 5.56 Å². The van der Waals surface area contributed by atoms with Crippen molar-refractivity contribution in [2.45, 2.75) is 19.9 Å². The van der Waals surface area contributed by atoms with Crippen LogP contribution in [0.2, 0.25) is 0 Å². The highest BCUT2D eigenvalue weighted by atomic mass is 16.5. The number of hydrogen-bond acceptors (Lipinski definition) is 5. The smallest absolute Gasteiger partial charge is 0.121 e. The molecule has 3 rings (SSSR count). The third-order valence-corrected chi connectivity index (χ3v) is 4.60. The number of benzene rings is 1. The molecule has 1 aromatic carbocycles. The molecular weight excluding hydrogens is 306 g/mol. The zero-order valence-electron chi connectivity index (χ0n) is 14.5. The van der Waals surface area contributed by atoms with Gasteiger partial charge in [-0.15, -0.1) is 0 Å². The average molecular weight is 331 g/mol. The van der Waals surface area contributed by atoms with Crippen LogP contribution in [0.4, 0.5) is 0 Å². The highest BCUT2D eigenvalue weighted by molar-refractivity contribution is 5.42. The van der Waals surface area contributed by atoms with Crippen molar-refractivity contribution < 1.29 is 14.6 Å². The van der Waals surface area contributed by atoms with Crippen molar-refractivity contribution in [1.29, 1.82) is 0 Å². The minimum absolute atomic E-state index is 0.130. The van der Waals surface area contributed by atoms with Gasteiger partial charge in [0.2, 0.25) is 0 Å². The van der Waals surface area contributed by atoms with Gasteiger partial charge in [-0.05, 0) is 26.0 Å². The lowest BCUT2D eigenvalue weighted by molar-refractivity contribution is -0.0150. The summed E-state index contributed by atoms with van der Waals surface area (Å²) in [4.78, 5) is 2.27. The lowest BCUT2D eigenvalue weighted by Gasteiger charge is -2.35. The first-order valence-electron chi connectivity index (χ1n) is 8.29. The molecule has 24 heavy (non-hydrogen) atoms. The lowest BCUT2D eigenvalue weighted by atomic mass is 10.0. The first-order chi connectivity index (χ1) is 11.7. The summed E-state index contributed by atoms with van der Waals surface area (Å²) in [7, 11) is 1.66. The van der Waals surface area contributed by atoms with Crippen molar-refractivity contribution in [1.82, 2.24) is 14.7 Å². The number of hydrogen-bond donors (Lipinski definition) is 1. The molecule has 1 aliphatic rings. The molecule has 6 nitrogen and oxygen atoms in total. The van der Waals surface area contributed by atoms with E-state index in [1.54, 1.807) is 7.11 Å². The van der Waals surface area contributed by atoms with Crippen LogP contribution in [0.3, 0.4) is 0 Å². The molecule has 0 radical (unpaired) electrons. The summed E-state index contributed by atoms with van der Waals surface area (Å²) >= 11 is 0. The van der Waals surface area contributed by atoms with Gasteiger partial charge in [-0.2, -0.15) is 5.10 Å². The second kappa shape index (κ2) is 7.34. The third kappa shape index (κ3) is 3.17. The van der Waals surface area contributed by atoms with Gasteiger partial charge in [0.1, 0.15) is 5.75 Å². The Morgan fingerprint density at radius 2 is 2.21 bits per heavy atom. The number of nitrogens with zero attached hydrogens (tertiary/aromatic N) is 3. The number of aliphatic hydroxyl groups excluding tert-OH is 1. The maximum atomic E-state index is 9.35. The fourth-order valence-electron chi connectivity index (χ4n) is 3.43. The Labute approximate surface area is 142 Å². The minimum atomic E-state index is 0.130. The molecule has 0 amide bonds. The first kappa shape index (κ1) is 17.0. The predicted molar refractivity (Wildman–Crippen MR) is 91.8 cm³/mol. The Bertz CT molecular complexity index is 697. The van der Waals surface area contributed by atoms with Gasteiger partial charge in [-0.3, -0.25) is 4.90 Å². The second-order valence-corrected chi connectivity index (χ2v) is 6.05. The van der Waals surface area contributed by atoms with Crippen molar-refractivity contribution >= 4 is 0 Å². The first-order valence-corrected chi connectivity index (χ1v) is 8.29. The predicted octanol–water partition coefficient (Wildman–Crippen LogP) is 1.86. The molecule has 0 aliphatic carbocycles. The Hall–Kier alpha value is -1.89. The van der Waals surface area contributed by atoms with E-state index in [0.29, 0.717) is 19.8 Å². The molecule has 1 atom stereocenters. The molecule has 1 aliphatic heterocycles. The van der Waals surface area contributed by atoms with Gasteiger partial charge in [0, 0.05) is 30.4 Å². The third-order valence-electron chi connectivity index (χ3n) is 4.60. The molecule has 0 spiro atoms. The van der Waals surface area contributed by atoms with Gasteiger partial charge in [0.25, 0.3) is 0 Å². The summed E-state index contributed by atoms with van der Waals surface area (Å²) in [5.41, 5.74) is 4.26. The van der Waals surface area contributed by atoms with Crippen LogP contribution in [0.1, 0.15) is 23.0 Å². The number of methoxy groups -OCH3 is 1. The molecule has 2 aromatic rings. The highest BCUT2D eigenvalue weighted by Crippen LogP contribution is 2.31. The van der Waals surface area contributed by atoms with E-state index in [0.717, 1.165) is 29.4 Å². The molecule has 0 unspecified atom stereocenters. The SMILES string of the molecule is COc1cccc(-n2nc(C)c([C@@H]3COCCN3CCO)c2C)c1. The van der Waals surface area contributed by atoms with Crippen LogP contribution in [-0.2, 0) is 4.74 Å². The van der Waals surface area contributed by atoms with Crippen LogP contribution in [0, 0.1) is 13.8 Å². The van der Waals surface area contributed by atoms with Gasteiger partial charge in [-0.25, -0.2) is 4.68 Å². The van der Waals surface area contributed by atoms with E-state index in [-0.39, 0.29) is 12.6 Å². The van der Waals surface area contributed by atoms with Crippen LogP contribution < -0.4 is 4.74 Å². The second-order valence-electron chi connectivity index (χ2n) is 6.05.